The maximum absolute atomic E-state index is 13.1. The summed E-state index contributed by atoms with van der Waals surface area (Å²) in [7, 11) is -3.29. The summed E-state index contributed by atoms with van der Waals surface area (Å²) in [5.41, 5.74) is 5.64. The van der Waals surface area contributed by atoms with Crippen molar-refractivity contribution in [2.24, 2.45) is 5.73 Å². The second kappa shape index (κ2) is 9.98. The lowest BCUT2D eigenvalue weighted by Gasteiger charge is -2.41. The molecule has 13 nitrogen and oxygen atoms in total. The number of carbonyl (C=O) groups excluding carboxylic acids is 3. The van der Waals surface area contributed by atoms with Gasteiger partial charge in [0.05, 0.1) is 25.4 Å². The summed E-state index contributed by atoms with van der Waals surface area (Å²) in [5, 5.41) is 11.0. The van der Waals surface area contributed by atoms with E-state index in [2.05, 4.69) is 10.4 Å². The van der Waals surface area contributed by atoms with Gasteiger partial charge < -0.3 is 15.8 Å². The van der Waals surface area contributed by atoms with Crippen molar-refractivity contribution in [2.75, 3.05) is 52.2 Å². The van der Waals surface area contributed by atoms with E-state index in [0.29, 0.717) is 65.0 Å². The van der Waals surface area contributed by atoms with Crippen LogP contribution in [-0.4, -0.2) is 108 Å². The van der Waals surface area contributed by atoms with Crippen molar-refractivity contribution < 1.29 is 27.5 Å². The molecule has 3 aliphatic rings. The van der Waals surface area contributed by atoms with Crippen LogP contribution in [0.3, 0.4) is 0 Å². The van der Waals surface area contributed by atoms with Crippen LogP contribution in [0.4, 0.5) is 0 Å². The monoisotopic (exact) mass is 497 g/mol. The zero-order valence-corrected chi connectivity index (χ0v) is 20.0. The normalized spacial score (nSPS) is 22.1. The average Bonchev–Trinajstić information content (AvgIpc) is 3.26. The lowest BCUT2D eigenvalue weighted by atomic mass is 10.1. The molecule has 0 aliphatic carbocycles. The van der Waals surface area contributed by atoms with Gasteiger partial charge in [-0.15, -0.1) is 0 Å². The van der Waals surface area contributed by atoms with E-state index in [0.717, 1.165) is 0 Å². The van der Waals surface area contributed by atoms with Crippen LogP contribution in [0.15, 0.2) is 6.07 Å². The third kappa shape index (κ3) is 5.40. The highest BCUT2D eigenvalue weighted by atomic mass is 32.2. The number of morpholine rings is 1. The third-order valence-corrected chi connectivity index (χ3v) is 7.87. The molecule has 3 amide bonds. The van der Waals surface area contributed by atoms with E-state index in [1.165, 1.54) is 21.3 Å². The lowest BCUT2D eigenvalue weighted by molar-refractivity contribution is -0.167. The molecule has 0 atom stereocenters. The maximum atomic E-state index is 13.1. The number of ether oxygens (including phenoxy) is 1. The Bertz CT molecular complexity index is 1040. The van der Waals surface area contributed by atoms with Gasteiger partial charge in [-0.05, 0) is 25.7 Å². The van der Waals surface area contributed by atoms with Gasteiger partial charge in [0, 0.05) is 38.3 Å². The molecule has 1 aromatic heterocycles. The molecule has 0 unspecified atom stereocenters. The van der Waals surface area contributed by atoms with E-state index in [4.69, 9.17) is 10.5 Å². The van der Waals surface area contributed by atoms with Crippen LogP contribution < -0.4 is 11.1 Å². The molecule has 3 fully saturated rings. The van der Waals surface area contributed by atoms with Crippen molar-refractivity contribution in [3.05, 3.63) is 17.5 Å². The van der Waals surface area contributed by atoms with Crippen molar-refractivity contribution in [3.63, 3.8) is 0 Å². The summed E-state index contributed by atoms with van der Waals surface area (Å²) in [6.07, 6.45) is 3.45. The van der Waals surface area contributed by atoms with E-state index < -0.39 is 15.9 Å². The van der Waals surface area contributed by atoms with Gasteiger partial charge in [-0.3, -0.25) is 24.1 Å². The number of sulfonamides is 1. The number of hydrazine groups is 1. The van der Waals surface area contributed by atoms with E-state index >= 15 is 0 Å². The topological polar surface area (TPSA) is 160 Å². The van der Waals surface area contributed by atoms with Gasteiger partial charge in [0.15, 0.2) is 5.69 Å². The predicted molar refractivity (Wildman–Crippen MR) is 120 cm³/mol. The number of hydrogen-bond donors (Lipinski definition) is 2. The number of amides is 3. The first kappa shape index (κ1) is 24.6. The number of rotatable bonds is 6. The average molecular weight is 498 g/mol. The summed E-state index contributed by atoms with van der Waals surface area (Å²) in [4.78, 5) is 36.9. The summed E-state index contributed by atoms with van der Waals surface area (Å²) < 4.78 is 31.7. The smallest absolute Gasteiger partial charge is 0.269 e. The van der Waals surface area contributed by atoms with Crippen LogP contribution in [0.25, 0.3) is 0 Å². The Hall–Kier alpha value is -2.55. The second-order valence-corrected chi connectivity index (χ2v) is 10.9. The fraction of sp³-hybridized carbons (Fsp3) is 0.700. The minimum atomic E-state index is -3.29. The highest BCUT2D eigenvalue weighted by Gasteiger charge is 2.32. The Kier molecular flexibility index (Phi) is 7.21. The number of nitrogens with zero attached hydrogens (tertiary/aromatic N) is 5. The van der Waals surface area contributed by atoms with E-state index in [9.17, 15) is 22.8 Å². The first-order chi connectivity index (χ1) is 16.1. The third-order valence-electron chi connectivity index (χ3n) is 6.57. The van der Waals surface area contributed by atoms with Gasteiger partial charge in [0.25, 0.3) is 17.7 Å². The van der Waals surface area contributed by atoms with E-state index in [1.807, 2.05) is 5.01 Å². The molecule has 3 saturated heterocycles. The van der Waals surface area contributed by atoms with Crippen molar-refractivity contribution in [2.45, 2.75) is 37.8 Å². The summed E-state index contributed by atoms with van der Waals surface area (Å²) in [6, 6.07) is 1.08. The maximum Gasteiger partial charge on any atom is 0.269 e. The number of primary amides is 1. The summed E-state index contributed by atoms with van der Waals surface area (Å²) in [6.45, 7) is 3.02. The van der Waals surface area contributed by atoms with Gasteiger partial charge in [-0.1, -0.05) is 0 Å². The first-order valence-electron chi connectivity index (χ1n) is 11.4. The van der Waals surface area contributed by atoms with Gasteiger partial charge in [-0.25, -0.2) is 17.7 Å². The van der Waals surface area contributed by atoms with Crippen LogP contribution in [0.1, 0.15) is 52.7 Å². The molecule has 0 saturated carbocycles. The zero-order valence-electron chi connectivity index (χ0n) is 19.2. The fourth-order valence-corrected chi connectivity index (χ4v) is 5.58. The Morgan fingerprint density at radius 3 is 2.38 bits per heavy atom. The van der Waals surface area contributed by atoms with Crippen molar-refractivity contribution in [3.8, 4) is 0 Å². The minimum absolute atomic E-state index is 0.00339. The number of piperidine rings is 2. The highest BCUT2D eigenvalue weighted by Crippen LogP contribution is 2.26. The van der Waals surface area contributed by atoms with Gasteiger partial charge >= 0.3 is 0 Å². The highest BCUT2D eigenvalue weighted by molar-refractivity contribution is 7.88. The standard InChI is InChI=1S/C20H31N7O6S/c1-34(31,32)25-8-4-15(5-9-25)27-17(12-16(23-27)19(21)29)20(30)22-14-2-6-24(7-3-14)26-10-11-33-13-18(26)28/h12,14-15H,2-11,13H2,1H3,(H2,21,29)(H,22,30). The summed E-state index contributed by atoms with van der Waals surface area (Å²) >= 11 is 0. The number of nitrogens with two attached hydrogens (primary N) is 1. The minimum Gasteiger partial charge on any atom is -0.370 e. The van der Waals surface area contributed by atoms with Crippen LogP contribution in [0.5, 0.6) is 0 Å². The Balaban J connectivity index is 1.40. The van der Waals surface area contributed by atoms with Gasteiger partial charge in [-0.2, -0.15) is 5.10 Å². The molecule has 4 rings (SSSR count). The lowest BCUT2D eigenvalue weighted by Crippen LogP contribution is -2.56. The Labute approximate surface area is 198 Å². The second-order valence-electron chi connectivity index (χ2n) is 8.89. The first-order valence-corrected chi connectivity index (χ1v) is 13.3. The predicted octanol–water partition coefficient (Wildman–Crippen LogP) is -1.45. The number of nitrogens with one attached hydrogen (secondary N) is 1. The molecular formula is C20H31N7O6S. The molecule has 188 valence electrons. The van der Waals surface area contributed by atoms with E-state index in [1.54, 1.807) is 5.01 Å². The molecule has 0 radical (unpaired) electrons. The molecule has 0 bridgehead atoms. The number of aromatic nitrogens is 2. The Morgan fingerprint density at radius 1 is 1.12 bits per heavy atom. The number of hydrogen-bond acceptors (Lipinski definition) is 8. The molecule has 34 heavy (non-hydrogen) atoms. The van der Waals surface area contributed by atoms with Crippen molar-refractivity contribution >= 4 is 27.7 Å². The SMILES string of the molecule is CS(=O)(=O)N1CCC(n2nc(C(N)=O)cc2C(=O)NC2CCN(N3CCOCC3=O)CC2)CC1. The van der Waals surface area contributed by atoms with Crippen LogP contribution in [-0.2, 0) is 19.6 Å². The van der Waals surface area contributed by atoms with Crippen LogP contribution in [0.2, 0.25) is 0 Å². The molecule has 0 spiro atoms. The largest absolute Gasteiger partial charge is 0.370 e. The molecule has 0 aromatic carbocycles. The van der Waals surface area contributed by atoms with Crippen LogP contribution in [0, 0.1) is 0 Å². The van der Waals surface area contributed by atoms with Gasteiger partial charge in [0.1, 0.15) is 12.3 Å². The summed E-state index contributed by atoms with van der Waals surface area (Å²) in [5.74, 6) is -1.14. The van der Waals surface area contributed by atoms with Gasteiger partial charge in [0.2, 0.25) is 10.0 Å². The Morgan fingerprint density at radius 2 is 1.79 bits per heavy atom. The molecule has 3 aliphatic heterocycles. The zero-order chi connectivity index (χ0) is 24.5. The quantitative estimate of drug-likeness (QED) is 0.482. The fourth-order valence-electron chi connectivity index (χ4n) is 4.70. The van der Waals surface area contributed by atoms with Crippen molar-refractivity contribution in [1.82, 2.24) is 29.4 Å². The molecule has 4 heterocycles. The molecule has 1 aromatic rings. The molecular weight excluding hydrogens is 466 g/mol. The van der Waals surface area contributed by atoms with Crippen LogP contribution >= 0.6 is 0 Å². The molecule has 3 N–H and O–H groups in total. The number of carbonyl (C=O) groups is 3. The molecule has 14 heteroatoms. The van der Waals surface area contributed by atoms with E-state index in [-0.39, 0.29) is 41.9 Å². The van der Waals surface area contributed by atoms with Crippen molar-refractivity contribution in [1.29, 1.82) is 0 Å².